The van der Waals surface area contributed by atoms with Crippen LogP contribution in [-0.2, 0) is 22.6 Å². The van der Waals surface area contributed by atoms with E-state index in [2.05, 4.69) is 12.2 Å². The van der Waals surface area contributed by atoms with Crippen molar-refractivity contribution in [3.63, 3.8) is 0 Å². The first-order valence-electron chi connectivity index (χ1n) is 15.0. The minimum absolute atomic E-state index is 0.0247. The second-order valence-electron chi connectivity index (χ2n) is 11.0. The lowest BCUT2D eigenvalue weighted by molar-refractivity contribution is -0.141. The van der Waals surface area contributed by atoms with E-state index in [-0.39, 0.29) is 24.1 Å². The molecule has 4 aromatic rings. The fourth-order valence-corrected chi connectivity index (χ4v) is 5.76. The maximum absolute atomic E-state index is 14.0. The third-order valence-corrected chi connectivity index (χ3v) is 8.12. The number of unbranched alkanes of at least 4 members (excludes halogenated alkanes) is 1. The monoisotopic (exact) mass is 561 g/mol. The Bertz CT molecular complexity index is 1560. The van der Waals surface area contributed by atoms with Crippen molar-refractivity contribution in [3.05, 3.63) is 113 Å². The summed E-state index contributed by atoms with van der Waals surface area (Å²) in [5.74, 6) is -0.249. The van der Waals surface area contributed by atoms with Gasteiger partial charge in [0.25, 0.3) is 5.91 Å². The Kier molecular flexibility index (Phi) is 9.32. The van der Waals surface area contributed by atoms with Gasteiger partial charge in [0, 0.05) is 43.4 Å². The fourth-order valence-electron chi connectivity index (χ4n) is 5.76. The number of hydrogen-bond acceptors (Lipinski definition) is 3. The molecule has 42 heavy (non-hydrogen) atoms. The van der Waals surface area contributed by atoms with Crippen molar-refractivity contribution >= 4 is 34.2 Å². The van der Waals surface area contributed by atoms with Crippen LogP contribution in [0.2, 0.25) is 0 Å². The number of carbonyl (C=O) groups excluding carboxylic acids is 3. The molecular formula is C36H39N3O3. The zero-order valence-electron chi connectivity index (χ0n) is 24.5. The van der Waals surface area contributed by atoms with E-state index >= 15 is 0 Å². The molecule has 1 atom stereocenters. The summed E-state index contributed by atoms with van der Waals surface area (Å²) >= 11 is 0. The number of nitrogens with one attached hydrogen (secondary N) is 1. The van der Waals surface area contributed by atoms with Gasteiger partial charge >= 0.3 is 0 Å². The number of aryl methyl sites for hydroxylation is 1. The van der Waals surface area contributed by atoms with Gasteiger partial charge in [0.15, 0.2) is 0 Å². The molecule has 0 spiro atoms. The van der Waals surface area contributed by atoms with Crippen LogP contribution >= 0.6 is 0 Å². The number of rotatable bonds is 13. The van der Waals surface area contributed by atoms with Gasteiger partial charge in [-0.25, -0.2) is 0 Å². The molecule has 0 fully saturated rings. The highest BCUT2D eigenvalue weighted by molar-refractivity contribution is 6.25. The van der Waals surface area contributed by atoms with E-state index in [4.69, 9.17) is 0 Å². The summed E-state index contributed by atoms with van der Waals surface area (Å²) in [6.07, 6.45) is 3.01. The van der Waals surface area contributed by atoms with Gasteiger partial charge < -0.3 is 15.1 Å². The molecule has 0 aliphatic carbocycles. The predicted molar refractivity (Wildman–Crippen MR) is 168 cm³/mol. The summed E-state index contributed by atoms with van der Waals surface area (Å²) in [7, 11) is 0. The molecular weight excluding hydrogens is 522 g/mol. The Morgan fingerprint density at radius 2 is 1.62 bits per heavy atom. The number of nitrogens with zero attached hydrogens (tertiary/aromatic N) is 2. The topological polar surface area (TPSA) is 69.7 Å². The molecule has 1 heterocycles. The standard InChI is InChI=1S/C36H39N3O3/c1-3-4-22-37-35(41)32(24-27-14-6-5-7-15-27)39(25-29-16-9-8-13-26(29)2)33(40)21-12-23-38-31-20-11-18-28-17-10-19-30(34(28)31)36(38)42/h5-11,13-20,32H,3-4,12,21-25H2,1-2H3,(H,37,41). The summed E-state index contributed by atoms with van der Waals surface area (Å²) in [5, 5.41) is 5.10. The highest BCUT2D eigenvalue weighted by Gasteiger charge is 2.32. The summed E-state index contributed by atoms with van der Waals surface area (Å²) in [6, 6.07) is 29.0. The van der Waals surface area contributed by atoms with Crippen LogP contribution in [0.25, 0.3) is 10.8 Å². The molecule has 0 saturated carbocycles. The maximum atomic E-state index is 14.0. The number of carbonyl (C=O) groups is 3. The molecule has 4 aromatic carbocycles. The van der Waals surface area contributed by atoms with Gasteiger partial charge in [-0.1, -0.05) is 92.2 Å². The zero-order chi connectivity index (χ0) is 29.5. The largest absolute Gasteiger partial charge is 0.354 e. The van der Waals surface area contributed by atoms with Crippen molar-refractivity contribution < 1.29 is 14.4 Å². The van der Waals surface area contributed by atoms with Crippen molar-refractivity contribution in [2.24, 2.45) is 0 Å². The normalized spacial score (nSPS) is 12.9. The minimum Gasteiger partial charge on any atom is -0.354 e. The number of amides is 3. The van der Waals surface area contributed by atoms with Crippen molar-refractivity contribution in [2.75, 3.05) is 18.0 Å². The highest BCUT2D eigenvalue weighted by Crippen LogP contribution is 2.37. The summed E-state index contributed by atoms with van der Waals surface area (Å²) in [5.41, 5.74) is 4.71. The molecule has 0 aromatic heterocycles. The SMILES string of the molecule is CCCCNC(=O)C(Cc1ccccc1)N(Cc1ccccc1C)C(=O)CCCN1C(=O)c2cccc3cccc1c23. The Morgan fingerprint density at radius 3 is 2.38 bits per heavy atom. The molecule has 1 aliphatic rings. The first kappa shape index (κ1) is 29.1. The summed E-state index contributed by atoms with van der Waals surface area (Å²) in [6.45, 7) is 5.48. The minimum atomic E-state index is -0.650. The van der Waals surface area contributed by atoms with Gasteiger partial charge in [0.05, 0.1) is 5.69 Å². The Hall–Kier alpha value is -4.45. The Labute approximate surface area is 248 Å². The van der Waals surface area contributed by atoms with Crippen molar-refractivity contribution in [1.82, 2.24) is 10.2 Å². The van der Waals surface area contributed by atoms with Crippen molar-refractivity contribution in [3.8, 4) is 0 Å². The molecule has 6 nitrogen and oxygen atoms in total. The van der Waals surface area contributed by atoms with Crippen molar-refractivity contribution in [1.29, 1.82) is 0 Å². The van der Waals surface area contributed by atoms with Crippen LogP contribution in [0.5, 0.6) is 0 Å². The van der Waals surface area contributed by atoms with Gasteiger partial charge in [-0.3, -0.25) is 14.4 Å². The molecule has 1 aliphatic heterocycles. The number of hydrogen-bond donors (Lipinski definition) is 1. The third-order valence-electron chi connectivity index (χ3n) is 8.12. The highest BCUT2D eigenvalue weighted by atomic mass is 16.2. The smallest absolute Gasteiger partial charge is 0.258 e. The van der Waals surface area contributed by atoms with Crippen LogP contribution in [0, 0.1) is 6.92 Å². The van der Waals surface area contributed by atoms with Gasteiger partial charge in [-0.05, 0) is 54.0 Å². The Morgan fingerprint density at radius 1 is 0.881 bits per heavy atom. The average molecular weight is 562 g/mol. The van der Waals surface area contributed by atoms with E-state index in [1.54, 1.807) is 9.80 Å². The van der Waals surface area contributed by atoms with Crippen LogP contribution in [0.1, 0.15) is 59.7 Å². The molecule has 1 unspecified atom stereocenters. The van der Waals surface area contributed by atoms with E-state index in [1.807, 2.05) is 97.9 Å². The molecule has 1 N–H and O–H groups in total. The second kappa shape index (κ2) is 13.5. The van der Waals surface area contributed by atoms with E-state index in [1.165, 1.54) is 0 Å². The molecule has 0 radical (unpaired) electrons. The van der Waals surface area contributed by atoms with Crippen LogP contribution in [0.3, 0.4) is 0 Å². The van der Waals surface area contributed by atoms with Crippen molar-refractivity contribution in [2.45, 2.75) is 58.5 Å². The molecule has 0 bridgehead atoms. The molecule has 6 heteroatoms. The van der Waals surface area contributed by atoms with Gasteiger partial charge in [0.2, 0.25) is 11.8 Å². The molecule has 216 valence electrons. The lowest BCUT2D eigenvalue weighted by Crippen LogP contribution is -2.50. The van der Waals surface area contributed by atoms with E-state index < -0.39 is 6.04 Å². The van der Waals surface area contributed by atoms with Crippen LogP contribution < -0.4 is 10.2 Å². The van der Waals surface area contributed by atoms with Gasteiger partial charge in [-0.15, -0.1) is 0 Å². The predicted octanol–water partition coefficient (Wildman–Crippen LogP) is 6.45. The fraction of sp³-hybridized carbons (Fsp3) is 0.306. The van der Waals surface area contributed by atoms with E-state index in [9.17, 15) is 14.4 Å². The maximum Gasteiger partial charge on any atom is 0.258 e. The zero-order valence-corrected chi connectivity index (χ0v) is 24.5. The third kappa shape index (κ3) is 6.38. The second-order valence-corrected chi connectivity index (χ2v) is 11.0. The number of benzene rings is 4. The lowest BCUT2D eigenvalue weighted by Gasteiger charge is -2.32. The van der Waals surface area contributed by atoms with E-state index in [0.29, 0.717) is 38.0 Å². The number of anilines is 1. The lowest BCUT2D eigenvalue weighted by atomic mass is 10.0. The summed E-state index contributed by atoms with van der Waals surface area (Å²) in [4.78, 5) is 44.5. The quantitative estimate of drug-likeness (QED) is 0.191. The van der Waals surface area contributed by atoms with Crippen LogP contribution in [0.4, 0.5) is 5.69 Å². The molecule has 5 rings (SSSR count). The Balaban J connectivity index is 1.37. The van der Waals surface area contributed by atoms with Gasteiger partial charge in [-0.2, -0.15) is 0 Å². The average Bonchev–Trinajstić information content (AvgIpc) is 3.28. The first-order valence-corrected chi connectivity index (χ1v) is 15.0. The van der Waals surface area contributed by atoms with Gasteiger partial charge in [0.1, 0.15) is 6.04 Å². The molecule has 0 saturated heterocycles. The van der Waals surface area contributed by atoms with Crippen LogP contribution in [-0.4, -0.2) is 41.8 Å². The van der Waals surface area contributed by atoms with Crippen LogP contribution in [0.15, 0.2) is 91.0 Å². The van der Waals surface area contributed by atoms with E-state index in [0.717, 1.165) is 46.0 Å². The first-order chi connectivity index (χ1) is 20.5. The molecule has 3 amide bonds. The summed E-state index contributed by atoms with van der Waals surface area (Å²) < 4.78 is 0.